The number of hydrogen-bond donors (Lipinski definition) is 0. The lowest BCUT2D eigenvalue weighted by molar-refractivity contribution is 0.413. The zero-order valence-electron chi connectivity index (χ0n) is 12.0. The summed E-state index contributed by atoms with van der Waals surface area (Å²) in [5, 5.41) is -0.307. The summed E-state index contributed by atoms with van der Waals surface area (Å²) in [7, 11) is 0. The standard InChI is InChI=1S/C15H15ClFN3O/c1-8-7-18-15(21-8)10(3)20-13-6-11(17)4-5-12(13)19-14(20)9(2)16/h4-7,9-10H,1-3H3. The van der Waals surface area contributed by atoms with Crippen molar-refractivity contribution >= 4 is 22.6 Å². The first-order chi connectivity index (χ1) is 9.97. The molecule has 4 nitrogen and oxygen atoms in total. The van der Waals surface area contributed by atoms with Crippen LogP contribution >= 0.6 is 11.6 Å². The molecule has 2 heterocycles. The topological polar surface area (TPSA) is 43.9 Å². The number of rotatable bonds is 3. The fraction of sp³-hybridized carbons (Fsp3) is 0.333. The van der Waals surface area contributed by atoms with Gasteiger partial charge in [-0.2, -0.15) is 0 Å². The number of aryl methyl sites for hydroxylation is 1. The molecule has 0 N–H and O–H groups in total. The minimum atomic E-state index is -0.312. The lowest BCUT2D eigenvalue weighted by Crippen LogP contribution is -2.11. The third kappa shape index (κ3) is 2.42. The van der Waals surface area contributed by atoms with Gasteiger partial charge in [0, 0.05) is 0 Å². The third-order valence-electron chi connectivity index (χ3n) is 3.42. The molecular weight excluding hydrogens is 293 g/mol. The molecule has 21 heavy (non-hydrogen) atoms. The van der Waals surface area contributed by atoms with Gasteiger partial charge in [-0.3, -0.25) is 0 Å². The SMILES string of the molecule is Cc1cnc(C(C)n2c(C(C)Cl)nc3ccc(F)cc32)o1. The van der Waals surface area contributed by atoms with Crippen LogP contribution in [0, 0.1) is 12.7 Å². The maximum Gasteiger partial charge on any atom is 0.217 e. The van der Waals surface area contributed by atoms with Gasteiger partial charge in [-0.1, -0.05) is 0 Å². The van der Waals surface area contributed by atoms with Gasteiger partial charge >= 0.3 is 0 Å². The number of fused-ring (bicyclic) bond motifs is 1. The largest absolute Gasteiger partial charge is 0.444 e. The van der Waals surface area contributed by atoms with Gasteiger partial charge in [0.15, 0.2) is 0 Å². The molecular formula is C15H15ClFN3O. The number of halogens is 2. The molecule has 0 radical (unpaired) electrons. The van der Waals surface area contributed by atoms with Crippen molar-refractivity contribution in [1.29, 1.82) is 0 Å². The summed E-state index contributed by atoms with van der Waals surface area (Å²) >= 11 is 6.23. The second kappa shape index (κ2) is 5.15. The molecule has 0 aliphatic rings. The summed E-state index contributed by atoms with van der Waals surface area (Å²) in [5.74, 6) is 1.64. The summed E-state index contributed by atoms with van der Waals surface area (Å²) in [6.07, 6.45) is 1.66. The Morgan fingerprint density at radius 1 is 1.33 bits per heavy atom. The molecule has 1 aromatic carbocycles. The predicted octanol–water partition coefficient (Wildman–Crippen LogP) is 4.38. The van der Waals surface area contributed by atoms with Crippen LogP contribution in [0.25, 0.3) is 11.0 Å². The van der Waals surface area contributed by atoms with E-state index in [1.165, 1.54) is 12.1 Å². The van der Waals surface area contributed by atoms with Gasteiger partial charge in [0.1, 0.15) is 23.4 Å². The van der Waals surface area contributed by atoms with E-state index in [4.69, 9.17) is 16.0 Å². The summed E-state index contributed by atoms with van der Waals surface area (Å²) in [6, 6.07) is 4.28. The molecule has 3 rings (SSSR count). The van der Waals surface area contributed by atoms with Crippen molar-refractivity contribution in [2.45, 2.75) is 32.2 Å². The molecule has 0 aliphatic heterocycles. The quantitative estimate of drug-likeness (QED) is 0.674. The van der Waals surface area contributed by atoms with E-state index in [0.29, 0.717) is 22.7 Å². The third-order valence-corrected chi connectivity index (χ3v) is 3.61. The van der Waals surface area contributed by atoms with Crippen molar-refractivity contribution < 1.29 is 8.81 Å². The molecule has 3 aromatic rings. The van der Waals surface area contributed by atoms with Crippen molar-refractivity contribution in [2.24, 2.45) is 0 Å². The van der Waals surface area contributed by atoms with Crippen molar-refractivity contribution in [3.8, 4) is 0 Å². The van der Waals surface area contributed by atoms with Crippen molar-refractivity contribution in [2.75, 3.05) is 0 Å². The minimum absolute atomic E-state index is 0.221. The number of imidazole rings is 1. The highest BCUT2D eigenvalue weighted by Crippen LogP contribution is 2.31. The van der Waals surface area contributed by atoms with Gasteiger partial charge in [-0.05, 0) is 39.0 Å². The molecule has 2 aromatic heterocycles. The molecule has 2 unspecified atom stereocenters. The van der Waals surface area contributed by atoms with E-state index in [1.807, 2.05) is 25.3 Å². The van der Waals surface area contributed by atoms with Crippen LogP contribution in [0.4, 0.5) is 4.39 Å². The van der Waals surface area contributed by atoms with Crippen molar-refractivity contribution in [1.82, 2.24) is 14.5 Å². The summed E-state index contributed by atoms with van der Waals surface area (Å²) in [5.41, 5.74) is 1.38. The van der Waals surface area contributed by atoms with Crippen LogP contribution in [0.5, 0.6) is 0 Å². The van der Waals surface area contributed by atoms with E-state index in [0.717, 1.165) is 5.76 Å². The summed E-state index contributed by atoms with van der Waals surface area (Å²) < 4.78 is 21.0. The van der Waals surface area contributed by atoms with Gasteiger partial charge in [-0.15, -0.1) is 11.6 Å². The number of oxazole rings is 1. The van der Waals surface area contributed by atoms with E-state index >= 15 is 0 Å². The number of benzene rings is 1. The van der Waals surface area contributed by atoms with Gasteiger partial charge in [0.2, 0.25) is 5.89 Å². The smallest absolute Gasteiger partial charge is 0.217 e. The highest BCUT2D eigenvalue weighted by atomic mass is 35.5. The van der Waals surface area contributed by atoms with E-state index in [1.54, 1.807) is 12.3 Å². The average molecular weight is 308 g/mol. The normalized spacial score (nSPS) is 14.5. The predicted molar refractivity (Wildman–Crippen MR) is 79.0 cm³/mol. The Bertz CT molecular complexity index is 793. The summed E-state index contributed by atoms with van der Waals surface area (Å²) in [6.45, 7) is 5.60. The molecule has 0 bridgehead atoms. The number of alkyl halides is 1. The van der Waals surface area contributed by atoms with E-state index in [-0.39, 0.29) is 17.2 Å². The molecule has 110 valence electrons. The van der Waals surface area contributed by atoms with E-state index in [9.17, 15) is 4.39 Å². The molecule has 2 atom stereocenters. The Hall–Kier alpha value is -1.88. The zero-order valence-corrected chi connectivity index (χ0v) is 12.7. The first-order valence-corrected chi connectivity index (χ1v) is 7.15. The Morgan fingerprint density at radius 3 is 2.71 bits per heavy atom. The highest BCUT2D eigenvalue weighted by Gasteiger charge is 2.23. The fourth-order valence-electron chi connectivity index (χ4n) is 2.45. The van der Waals surface area contributed by atoms with Crippen LogP contribution in [0.15, 0.2) is 28.8 Å². The second-order valence-corrected chi connectivity index (χ2v) is 5.73. The van der Waals surface area contributed by atoms with Crippen LogP contribution in [0.2, 0.25) is 0 Å². The monoisotopic (exact) mass is 307 g/mol. The molecule has 0 saturated heterocycles. The zero-order chi connectivity index (χ0) is 15.1. The number of hydrogen-bond acceptors (Lipinski definition) is 3. The van der Waals surface area contributed by atoms with E-state index < -0.39 is 0 Å². The van der Waals surface area contributed by atoms with Crippen LogP contribution < -0.4 is 0 Å². The molecule has 0 aliphatic carbocycles. The van der Waals surface area contributed by atoms with Gasteiger partial charge < -0.3 is 8.98 Å². The molecule has 0 fully saturated rings. The Balaban J connectivity index is 2.23. The fourth-order valence-corrected chi connectivity index (χ4v) is 2.60. The first-order valence-electron chi connectivity index (χ1n) is 6.71. The van der Waals surface area contributed by atoms with Gasteiger partial charge in [0.25, 0.3) is 0 Å². The van der Waals surface area contributed by atoms with Gasteiger partial charge in [0.05, 0.1) is 22.6 Å². The average Bonchev–Trinajstić information content (AvgIpc) is 3.01. The first kappa shape index (κ1) is 14.1. The second-order valence-electron chi connectivity index (χ2n) is 5.07. The summed E-state index contributed by atoms with van der Waals surface area (Å²) in [4.78, 5) is 8.75. The Morgan fingerprint density at radius 2 is 2.10 bits per heavy atom. The van der Waals surface area contributed by atoms with Crippen molar-refractivity contribution in [3.05, 3.63) is 47.7 Å². The lowest BCUT2D eigenvalue weighted by Gasteiger charge is -2.15. The van der Waals surface area contributed by atoms with Crippen LogP contribution in [-0.4, -0.2) is 14.5 Å². The van der Waals surface area contributed by atoms with Crippen LogP contribution in [-0.2, 0) is 0 Å². The maximum atomic E-state index is 13.6. The maximum absolute atomic E-state index is 13.6. The molecule has 0 amide bonds. The van der Waals surface area contributed by atoms with Crippen LogP contribution in [0.1, 0.15) is 42.7 Å². The molecule has 6 heteroatoms. The van der Waals surface area contributed by atoms with E-state index in [2.05, 4.69) is 9.97 Å². The number of aromatic nitrogens is 3. The Kier molecular flexibility index (Phi) is 3.45. The molecule has 0 spiro atoms. The molecule has 0 saturated carbocycles. The van der Waals surface area contributed by atoms with Gasteiger partial charge in [-0.25, -0.2) is 14.4 Å². The van der Waals surface area contributed by atoms with Crippen LogP contribution in [0.3, 0.4) is 0 Å². The minimum Gasteiger partial charge on any atom is -0.444 e. The Labute approximate surface area is 126 Å². The van der Waals surface area contributed by atoms with Crippen molar-refractivity contribution in [3.63, 3.8) is 0 Å². The number of nitrogens with zero attached hydrogens (tertiary/aromatic N) is 3. The highest BCUT2D eigenvalue weighted by molar-refractivity contribution is 6.20. The lowest BCUT2D eigenvalue weighted by atomic mass is 10.2.